The van der Waals surface area contributed by atoms with Gasteiger partial charge in [-0.15, -0.1) is 11.3 Å². The number of aromatic nitrogens is 2. The van der Waals surface area contributed by atoms with E-state index < -0.39 is 0 Å². The van der Waals surface area contributed by atoms with Crippen molar-refractivity contribution in [3.8, 4) is 0 Å². The van der Waals surface area contributed by atoms with Crippen LogP contribution in [0, 0.1) is 11.8 Å². The first-order valence-corrected chi connectivity index (χ1v) is 10.6. The number of carbonyl (C=O) groups excluding carboxylic acids is 1. The van der Waals surface area contributed by atoms with Crippen molar-refractivity contribution >= 4 is 27.5 Å². The number of aryl methyl sites for hydroxylation is 1. The average molecular weight is 374 g/mol. The van der Waals surface area contributed by atoms with E-state index in [1.54, 1.807) is 17.7 Å². The lowest BCUT2D eigenvalue weighted by molar-refractivity contribution is -0.123. The highest BCUT2D eigenvalue weighted by molar-refractivity contribution is 7.18. The summed E-state index contributed by atoms with van der Waals surface area (Å²) in [7, 11) is 0. The van der Waals surface area contributed by atoms with E-state index in [0.29, 0.717) is 11.8 Å². The van der Waals surface area contributed by atoms with Crippen molar-refractivity contribution in [2.75, 3.05) is 0 Å². The molecule has 0 bridgehead atoms. The minimum Gasteiger partial charge on any atom is -0.352 e. The molecule has 3 atom stereocenters. The number of fused-ring (bicyclic) bond motifs is 3. The largest absolute Gasteiger partial charge is 0.352 e. The Labute approximate surface area is 157 Å². The van der Waals surface area contributed by atoms with Crippen LogP contribution in [0.25, 0.3) is 10.2 Å². The van der Waals surface area contributed by atoms with Crippen LogP contribution >= 0.6 is 11.3 Å². The molecule has 6 heteroatoms. The first-order valence-electron chi connectivity index (χ1n) is 9.82. The van der Waals surface area contributed by atoms with Crippen LogP contribution in [0.15, 0.2) is 11.1 Å². The van der Waals surface area contributed by atoms with Gasteiger partial charge in [0.2, 0.25) is 5.91 Å². The maximum Gasteiger partial charge on any atom is 0.262 e. The average Bonchev–Trinajstić information content (AvgIpc) is 2.97. The second kappa shape index (κ2) is 7.14. The third-order valence-corrected chi connectivity index (χ3v) is 7.22. The maximum absolute atomic E-state index is 13.0. The fourth-order valence-electron chi connectivity index (χ4n) is 4.42. The molecule has 5 nitrogen and oxygen atoms in total. The summed E-state index contributed by atoms with van der Waals surface area (Å²) in [6, 6.07) is 0.235. The number of amides is 1. The first kappa shape index (κ1) is 17.7. The lowest BCUT2D eigenvalue weighted by Gasteiger charge is -2.29. The Morgan fingerprint density at radius 1 is 1.31 bits per heavy atom. The SMILES string of the molecule is C[C@@H]1CCc2c(sc3ncn(CC(=O)N[C@@H]4CCCC[C@@H]4C)c(=O)c23)C1. The molecule has 0 radical (unpaired) electrons. The molecule has 2 aromatic heterocycles. The number of nitrogens with zero attached hydrogens (tertiary/aromatic N) is 2. The van der Waals surface area contributed by atoms with Gasteiger partial charge in [-0.05, 0) is 49.5 Å². The molecule has 1 N–H and O–H groups in total. The van der Waals surface area contributed by atoms with Gasteiger partial charge in [-0.25, -0.2) is 4.98 Å². The van der Waals surface area contributed by atoms with Crippen LogP contribution in [0.4, 0.5) is 0 Å². The third kappa shape index (κ3) is 3.31. The molecule has 2 aliphatic carbocycles. The van der Waals surface area contributed by atoms with E-state index in [1.807, 2.05) is 0 Å². The van der Waals surface area contributed by atoms with E-state index in [-0.39, 0.29) is 24.1 Å². The molecule has 1 amide bonds. The molecule has 2 aliphatic rings. The van der Waals surface area contributed by atoms with Crippen molar-refractivity contribution in [2.24, 2.45) is 11.8 Å². The number of carbonyl (C=O) groups is 1. The Hall–Kier alpha value is -1.69. The summed E-state index contributed by atoms with van der Waals surface area (Å²) in [4.78, 5) is 32.1. The predicted molar refractivity (Wildman–Crippen MR) is 105 cm³/mol. The van der Waals surface area contributed by atoms with Crippen molar-refractivity contribution < 1.29 is 4.79 Å². The van der Waals surface area contributed by atoms with Crippen molar-refractivity contribution in [3.05, 3.63) is 27.1 Å². The monoisotopic (exact) mass is 373 g/mol. The van der Waals surface area contributed by atoms with E-state index in [0.717, 1.165) is 42.3 Å². The summed E-state index contributed by atoms with van der Waals surface area (Å²) in [6.07, 6.45) is 9.26. The Morgan fingerprint density at radius 2 is 2.12 bits per heavy atom. The molecule has 0 spiro atoms. The molecule has 0 aromatic carbocycles. The van der Waals surface area contributed by atoms with Gasteiger partial charge in [0.15, 0.2) is 0 Å². The van der Waals surface area contributed by atoms with Crippen LogP contribution in [0.5, 0.6) is 0 Å². The number of hydrogen-bond acceptors (Lipinski definition) is 4. The lowest BCUT2D eigenvalue weighted by atomic mass is 9.86. The molecule has 0 unspecified atom stereocenters. The van der Waals surface area contributed by atoms with E-state index in [1.165, 1.54) is 27.8 Å². The fraction of sp³-hybridized carbons (Fsp3) is 0.650. The molecule has 4 rings (SSSR count). The molecular weight excluding hydrogens is 346 g/mol. The van der Waals surface area contributed by atoms with Gasteiger partial charge in [-0.3, -0.25) is 14.2 Å². The fourth-order valence-corrected chi connectivity index (χ4v) is 5.76. The first-order chi connectivity index (χ1) is 12.5. The summed E-state index contributed by atoms with van der Waals surface area (Å²) in [5.74, 6) is 1.10. The van der Waals surface area contributed by atoms with Gasteiger partial charge in [0.25, 0.3) is 5.56 Å². The minimum absolute atomic E-state index is 0.0612. The molecule has 2 heterocycles. The van der Waals surface area contributed by atoms with E-state index in [2.05, 4.69) is 24.1 Å². The highest BCUT2D eigenvalue weighted by Crippen LogP contribution is 2.35. The van der Waals surface area contributed by atoms with E-state index in [9.17, 15) is 9.59 Å². The Balaban J connectivity index is 1.56. The summed E-state index contributed by atoms with van der Waals surface area (Å²) in [6.45, 7) is 4.52. The smallest absolute Gasteiger partial charge is 0.262 e. The van der Waals surface area contributed by atoms with Crippen molar-refractivity contribution in [1.82, 2.24) is 14.9 Å². The van der Waals surface area contributed by atoms with Crippen LogP contribution in [0.2, 0.25) is 0 Å². The highest BCUT2D eigenvalue weighted by atomic mass is 32.1. The standard InChI is InChI=1S/C20H27N3O2S/c1-12-7-8-14-16(9-12)26-19-18(14)20(25)23(11-21-19)10-17(24)22-15-6-4-3-5-13(15)2/h11-13,15H,3-10H2,1-2H3,(H,22,24)/t12-,13+,15-/m1/s1. The molecule has 0 saturated heterocycles. The number of hydrogen-bond donors (Lipinski definition) is 1. The number of thiophene rings is 1. The van der Waals surface area contributed by atoms with Gasteiger partial charge in [0, 0.05) is 10.9 Å². The van der Waals surface area contributed by atoms with E-state index in [4.69, 9.17) is 0 Å². The summed E-state index contributed by atoms with van der Waals surface area (Å²) >= 11 is 1.65. The van der Waals surface area contributed by atoms with Gasteiger partial charge in [-0.1, -0.05) is 26.7 Å². The van der Waals surface area contributed by atoms with Crippen LogP contribution in [0.3, 0.4) is 0 Å². The summed E-state index contributed by atoms with van der Waals surface area (Å²) in [5.41, 5.74) is 1.12. The second-order valence-electron chi connectivity index (χ2n) is 8.15. The highest BCUT2D eigenvalue weighted by Gasteiger charge is 2.25. The molecule has 1 saturated carbocycles. The molecule has 1 fully saturated rings. The molecular formula is C20H27N3O2S. The quantitative estimate of drug-likeness (QED) is 0.898. The zero-order valence-corrected chi connectivity index (χ0v) is 16.4. The Morgan fingerprint density at radius 3 is 2.92 bits per heavy atom. The number of rotatable bonds is 3. The minimum atomic E-state index is -0.0790. The molecule has 140 valence electrons. The van der Waals surface area contributed by atoms with Crippen LogP contribution in [-0.2, 0) is 24.2 Å². The lowest BCUT2D eigenvalue weighted by Crippen LogP contribution is -2.43. The molecule has 0 aliphatic heterocycles. The van der Waals surface area contributed by atoms with E-state index >= 15 is 0 Å². The molecule has 26 heavy (non-hydrogen) atoms. The van der Waals surface area contributed by atoms with Gasteiger partial charge >= 0.3 is 0 Å². The summed E-state index contributed by atoms with van der Waals surface area (Å²) < 4.78 is 1.48. The normalized spacial score (nSPS) is 25.8. The van der Waals surface area contributed by atoms with Crippen LogP contribution in [0.1, 0.15) is 56.4 Å². The molecule has 2 aromatic rings. The topological polar surface area (TPSA) is 64.0 Å². The Bertz CT molecular complexity index is 885. The zero-order chi connectivity index (χ0) is 18.3. The van der Waals surface area contributed by atoms with Crippen LogP contribution < -0.4 is 10.9 Å². The zero-order valence-electron chi connectivity index (χ0n) is 15.6. The second-order valence-corrected chi connectivity index (χ2v) is 9.23. The maximum atomic E-state index is 13.0. The van der Waals surface area contributed by atoms with Crippen LogP contribution in [-0.4, -0.2) is 21.5 Å². The van der Waals surface area contributed by atoms with Crippen molar-refractivity contribution in [2.45, 2.75) is 71.4 Å². The summed E-state index contributed by atoms with van der Waals surface area (Å²) in [5, 5.41) is 3.88. The number of nitrogens with one attached hydrogen (secondary N) is 1. The van der Waals surface area contributed by atoms with Gasteiger partial charge in [-0.2, -0.15) is 0 Å². The van der Waals surface area contributed by atoms with Crippen molar-refractivity contribution in [1.29, 1.82) is 0 Å². The van der Waals surface area contributed by atoms with Crippen molar-refractivity contribution in [3.63, 3.8) is 0 Å². The van der Waals surface area contributed by atoms with Gasteiger partial charge in [0.05, 0.1) is 11.7 Å². The van der Waals surface area contributed by atoms with Gasteiger partial charge < -0.3 is 5.32 Å². The predicted octanol–water partition coefficient (Wildman–Crippen LogP) is 3.28. The third-order valence-electron chi connectivity index (χ3n) is 6.05. The van der Waals surface area contributed by atoms with Gasteiger partial charge in [0.1, 0.15) is 11.4 Å². The Kier molecular flexibility index (Phi) is 4.86.